The van der Waals surface area contributed by atoms with Crippen LogP contribution in [0.15, 0.2) is 18.6 Å². The molecular weight excluding hydrogens is 364 g/mol. The number of amides is 1. The number of carbonyl (C=O) groups is 1. The first-order chi connectivity index (χ1) is 13.0. The van der Waals surface area contributed by atoms with E-state index in [1.165, 1.54) is 11.3 Å². The molecule has 0 aromatic carbocycles. The molecule has 0 unspecified atom stereocenters. The summed E-state index contributed by atoms with van der Waals surface area (Å²) in [7, 11) is 1.85. The van der Waals surface area contributed by atoms with E-state index in [2.05, 4.69) is 20.4 Å². The number of fused-ring (bicyclic) bond motifs is 2. The van der Waals surface area contributed by atoms with Gasteiger partial charge in [0.1, 0.15) is 10.7 Å². The van der Waals surface area contributed by atoms with Crippen LogP contribution in [-0.4, -0.2) is 43.7 Å². The van der Waals surface area contributed by atoms with Gasteiger partial charge in [-0.3, -0.25) is 9.48 Å². The van der Waals surface area contributed by atoms with E-state index in [0.717, 1.165) is 15.7 Å². The Morgan fingerprint density at radius 3 is 2.59 bits per heavy atom. The molecule has 9 nitrogen and oxygen atoms in total. The SMILES string of the molecule is CCN1C(=O)c2nc(C)sc2N(CC)c2nc(Nc3cnn(C)c3)ncc21. The van der Waals surface area contributed by atoms with Gasteiger partial charge in [0.05, 0.1) is 23.1 Å². The van der Waals surface area contributed by atoms with Gasteiger partial charge in [-0.2, -0.15) is 10.1 Å². The zero-order valence-corrected chi connectivity index (χ0v) is 16.4. The van der Waals surface area contributed by atoms with E-state index in [9.17, 15) is 4.79 Å². The molecular formula is C17H20N8OS. The normalized spacial score (nSPS) is 13.4. The summed E-state index contributed by atoms with van der Waals surface area (Å²) in [6, 6.07) is 0. The van der Waals surface area contributed by atoms with E-state index in [1.54, 1.807) is 22.0 Å². The van der Waals surface area contributed by atoms with Crippen molar-refractivity contribution in [3.05, 3.63) is 29.3 Å². The zero-order valence-electron chi connectivity index (χ0n) is 15.6. The highest BCUT2D eigenvalue weighted by Crippen LogP contribution is 2.42. The Hall–Kier alpha value is -3.01. The van der Waals surface area contributed by atoms with Crippen LogP contribution < -0.4 is 15.1 Å². The van der Waals surface area contributed by atoms with E-state index in [0.29, 0.717) is 36.2 Å². The zero-order chi connectivity index (χ0) is 19.1. The monoisotopic (exact) mass is 384 g/mol. The van der Waals surface area contributed by atoms with Gasteiger partial charge in [0, 0.05) is 26.3 Å². The first-order valence-electron chi connectivity index (χ1n) is 8.71. The number of rotatable bonds is 4. The number of thiazole rings is 1. The smallest absolute Gasteiger partial charge is 0.280 e. The summed E-state index contributed by atoms with van der Waals surface area (Å²) < 4.78 is 1.70. The van der Waals surface area contributed by atoms with Gasteiger partial charge >= 0.3 is 0 Å². The third-order valence-corrected chi connectivity index (χ3v) is 5.29. The summed E-state index contributed by atoms with van der Waals surface area (Å²) in [4.78, 5) is 30.4. The minimum atomic E-state index is -0.120. The van der Waals surface area contributed by atoms with Crippen molar-refractivity contribution in [2.45, 2.75) is 20.8 Å². The standard InChI is InChI=1S/C17H20N8OS/c1-5-24-12-8-18-17(21-11-7-19-23(4)9-11)22-14(12)25(6-2)16-13(15(24)26)20-10(3)27-16/h7-9H,5-6H2,1-4H3,(H,18,21,22). The first-order valence-corrected chi connectivity index (χ1v) is 9.53. The van der Waals surface area contributed by atoms with Crippen molar-refractivity contribution in [2.75, 3.05) is 28.2 Å². The number of anilines is 5. The van der Waals surface area contributed by atoms with E-state index in [1.807, 2.05) is 38.9 Å². The second-order valence-corrected chi connectivity index (χ2v) is 7.29. The highest BCUT2D eigenvalue weighted by Gasteiger charge is 2.34. The second kappa shape index (κ2) is 6.62. The molecule has 4 rings (SSSR count). The van der Waals surface area contributed by atoms with Gasteiger partial charge in [-0.15, -0.1) is 11.3 Å². The van der Waals surface area contributed by atoms with Gasteiger partial charge in [-0.1, -0.05) is 0 Å². The van der Waals surface area contributed by atoms with E-state index in [-0.39, 0.29) is 5.91 Å². The first kappa shape index (κ1) is 17.4. The van der Waals surface area contributed by atoms with E-state index >= 15 is 0 Å². The largest absolute Gasteiger partial charge is 0.321 e. The molecule has 0 radical (unpaired) electrons. The minimum absolute atomic E-state index is 0.120. The van der Waals surface area contributed by atoms with Crippen LogP contribution in [0.2, 0.25) is 0 Å². The minimum Gasteiger partial charge on any atom is -0.321 e. The van der Waals surface area contributed by atoms with Crippen LogP contribution in [0.5, 0.6) is 0 Å². The van der Waals surface area contributed by atoms with Crippen LogP contribution in [0, 0.1) is 6.92 Å². The number of nitrogens with zero attached hydrogens (tertiary/aromatic N) is 7. The van der Waals surface area contributed by atoms with Gasteiger partial charge in [0.2, 0.25) is 5.95 Å². The van der Waals surface area contributed by atoms with Crippen molar-refractivity contribution in [3.8, 4) is 0 Å². The Morgan fingerprint density at radius 1 is 1.15 bits per heavy atom. The van der Waals surface area contributed by atoms with Crippen LogP contribution in [0.1, 0.15) is 29.3 Å². The number of carbonyl (C=O) groups excluding carboxylic acids is 1. The van der Waals surface area contributed by atoms with Crippen molar-refractivity contribution in [1.29, 1.82) is 0 Å². The summed E-state index contributed by atoms with van der Waals surface area (Å²) >= 11 is 1.50. The molecule has 1 aliphatic heterocycles. The summed E-state index contributed by atoms with van der Waals surface area (Å²) in [5.74, 6) is 1.02. The Morgan fingerprint density at radius 2 is 1.93 bits per heavy atom. The Labute approximate surface area is 160 Å². The average molecular weight is 384 g/mol. The predicted molar refractivity (Wildman–Crippen MR) is 105 cm³/mol. The van der Waals surface area contributed by atoms with Crippen LogP contribution in [0.3, 0.4) is 0 Å². The molecule has 27 heavy (non-hydrogen) atoms. The molecule has 1 N–H and O–H groups in total. The molecule has 0 atom stereocenters. The fourth-order valence-corrected chi connectivity index (χ4v) is 4.08. The Balaban J connectivity index is 1.84. The number of hydrogen-bond acceptors (Lipinski definition) is 8. The third-order valence-electron chi connectivity index (χ3n) is 4.30. The highest BCUT2D eigenvalue weighted by atomic mass is 32.1. The van der Waals surface area contributed by atoms with Gasteiger partial charge < -0.3 is 15.1 Å². The van der Waals surface area contributed by atoms with Crippen LogP contribution >= 0.6 is 11.3 Å². The fraction of sp³-hybridized carbons (Fsp3) is 0.353. The Bertz CT molecular complexity index is 1010. The second-order valence-electron chi connectivity index (χ2n) is 6.11. The van der Waals surface area contributed by atoms with Crippen molar-refractivity contribution in [1.82, 2.24) is 24.7 Å². The lowest BCUT2D eigenvalue weighted by Gasteiger charge is -2.24. The third kappa shape index (κ3) is 2.91. The molecule has 3 aromatic heterocycles. The lowest BCUT2D eigenvalue weighted by atomic mass is 10.3. The topological polar surface area (TPSA) is 92.1 Å². The van der Waals surface area contributed by atoms with Gasteiger partial charge in [0.25, 0.3) is 5.91 Å². The molecule has 3 aromatic rings. The molecule has 0 spiro atoms. The van der Waals surface area contributed by atoms with Gasteiger partial charge in [-0.25, -0.2) is 9.97 Å². The summed E-state index contributed by atoms with van der Waals surface area (Å²) in [5.41, 5.74) is 1.96. The molecule has 4 heterocycles. The summed E-state index contributed by atoms with van der Waals surface area (Å²) in [5, 5.41) is 8.99. The molecule has 0 aliphatic carbocycles. The fourth-order valence-electron chi connectivity index (χ4n) is 3.11. The maximum absolute atomic E-state index is 13.0. The summed E-state index contributed by atoms with van der Waals surface area (Å²) in [6.45, 7) is 7.05. The molecule has 140 valence electrons. The van der Waals surface area contributed by atoms with Gasteiger partial charge in [0.15, 0.2) is 11.5 Å². The summed E-state index contributed by atoms with van der Waals surface area (Å²) in [6.07, 6.45) is 5.24. The van der Waals surface area contributed by atoms with Crippen molar-refractivity contribution >= 4 is 45.4 Å². The van der Waals surface area contributed by atoms with E-state index < -0.39 is 0 Å². The lowest BCUT2D eigenvalue weighted by molar-refractivity contribution is 0.0985. The molecule has 1 aliphatic rings. The van der Waals surface area contributed by atoms with Crippen molar-refractivity contribution < 1.29 is 4.79 Å². The van der Waals surface area contributed by atoms with Crippen LogP contribution in [0.4, 0.5) is 28.1 Å². The molecule has 0 saturated carbocycles. The predicted octanol–water partition coefficient (Wildman–Crippen LogP) is 2.86. The highest BCUT2D eigenvalue weighted by molar-refractivity contribution is 7.16. The number of nitrogens with one attached hydrogen (secondary N) is 1. The van der Waals surface area contributed by atoms with E-state index in [4.69, 9.17) is 4.98 Å². The van der Waals surface area contributed by atoms with Crippen LogP contribution in [0.25, 0.3) is 0 Å². The Kier molecular flexibility index (Phi) is 4.27. The maximum Gasteiger partial charge on any atom is 0.280 e. The maximum atomic E-state index is 13.0. The van der Waals surface area contributed by atoms with Crippen molar-refractivity contribution in [3.63, 3.8) is 0 Å². The molecule has 0 bridgehead atoms. The van der Waals surface area contributed by atoms with Crippen molar-refractivity contribution in [2.24, 2.45) is 7.05 Å². The molecule has 0 saturated heterocycles. The average Bonchev–Trinajstić information content (AvgIpc) is 3.21. The van der Waals surface area contributed by atoms with Crippen LogP contribution in [-0.2, 0) is 7.05 Å². The van der Waals surface area contributed by atoms with Gasteiger partial charge in [-0.05, 0) is 20.8 Å². The number of hydrogen-bond donors (Lipinski definition) is 1. The molecule has 10 heteroatoms. The molecule has 0 fully saturated rings. The number of aryl methyl sites for hydroxylation is 2. The number of aromatic nitrogens is 5. The molecule has 1 amide bonds. The lowest BCUT2D eigenvalue weighted by Crippen LogP contribution is -2.30. The quantitative estimate of drug-likeness (QED) is 0.739.